The first-order chi connectivity index (χ1) is 8.81. The highest BCUT2D eigenvalue weighted by Crippen LogP contribution is 2.39. The molecule has 0 aromatic heterocycles. The summed E-state index contributed by atoms with van der Waals surface area (Å²) in [4.78, 5) is 1.77. The first-order valence-electron chi connectivity index (χ1n) is 5.53. The average molecular weight is 340 g/mol. The summed E-state index contributed by atoms with van der Waals surface area (Å²) in [5, 5.41) is 0. The highest BCUT2D eigenvalue weighted by molar-refractivity contribution is 9.10. The normalized spacial score (nSPS) is 18.3. The Morgan fingerprint density at radius 2 is 1.79 bits per heavy atom. The van der Waals surface area contributed by atoms with Gasteiger partial charge >= 0.3 is 6.18 Å². The third-order valence-electron chi connectivity index (χ3n) is 3.22. The average Bonchev–Trinajstić information content (AvgIpc) is 2.29. The summed E-state index contributed by atoms with van der Waals surface area (Å²) in [6, 6.07) is 3.57. The Balaban J connectivity index is 2.23. The fourth-order valence-corrected chi connectivity index (χ4v) is 2.48. The molecule has 0 amide bonds. The fourth-order valence-electron chi connectivity index (χ4n) is 1.98. The molecule has 0 saturated carbocycles. The Morgan fingerprint density at radius 3 is 2.26 bits per heavy atom. The molecule has 1 saturated heterocycles. The summed E-state index contributed by atoms with van der Waals surface area (Å²) in [6.45, 7) is 0.778. The molecule has 1 fully saturated rings. The fraction of sp³-hybridized carbons (Fsp3) is 0.500. The number of hydrogen-bond acceptors (Lipinski definition) is 3. The molecular weight excluding hydrogens is 327 g/mol. The topological polar surface area (TPSA) is 21.7 Å². The van der Waals surface area contributed by atoms with E-state index in [1.807, 2.05) is 0 Å². The van der Waals surface area contributed by atoms with E-state index < -0.39 is 17.5 Å². The third-order valence-corrected chi connectivity index (χ3v) is 3.89. The quantitative estimate of drug-likeness (QED) is 0.789. The van der Waals surface area contributed by atoms with Crippen LogP contribution >= 0.6 is 15.9 Å². The Labute approximate surface area is 117 Å². The van der Waals surface area contributed by atoms with Crippen molar-refractivity contribution in [3.8, 4) is 0 Å². The number of rotatable bonds is 3. The van der Waals surface area contributed by atoms with Crippen molar-refractivity contribution in [1.29, 1.82) is 0 Å². The van der Waals surface area contributed by atoms with Crippen molar-refractivity contribution in [2.75, 3.05) is 32.2 Å². The van der Waals surface area contributed by atoms with E-state index in [4.69, 9.17) is 9.47 Å². The van der Waals surface area contributed by atoms with E-state index >= 15 is 0 Å². The van der Waals surface area contributed by atoms with Gasteiger partial charge in [0.15, 0.2) is 0 Å². The molecular formula is C12H13BrF3NO2. The van der Waals surface area contributed by atoms with Gasteiger partial charge in [-0.15, -0.1) is 0 Å². The van der Waals surface area contributed by atoms with Crippen molar-refractivity contribution >= 4 is 21.6 Å². The van der Waals surface area contributed by atoms with Gasteiger partial charge in [0.1, 0.15) is 0 Å². The number of benzene rings is 1. The highest BCUT2D eigenvalue weighted by Gasteiger charge is 2.45. The van der Waals surface area contributed by atoms with E-state index in [9.17, 15) is 13.2 Å². The van der Waals surface area contributed by atoms with Gasteiger partial charge in [-0.1, -0.05) is 0 Å². The summed E-state index contributed by atoms with van der Waals surface area (Å²) >= 11 is 3.26. The summed E-state index contributed by atoms with van der Waals surface area (Å²) in [6.07, 6.45) is -4.35. The molecule has 0 aliphatic carbocycles. The van der Waals surface area contributed by atoms with E-state index in [2.05, 4.69) is 15.9 Å². The Bertz CT molecular complexity index is 467. The minimum Gasteiger partial charge on any atom is -0.360 e. The number of anilines is 1. The van der Waals surface area contributed by atoms with Crippen molar-refractivity contribution in [1.82, 2.24) is 0 Å². The minimum absolute atomic E-state index is 0.389. The molecule has 0 spiro atoms. The van der Waals surface area contributed by atoms with Crippen LogP contribution in [0, 0.1) is 0 Å². The van der Waals surface area contributed by atoms with Gasteiger partial charge in [0.2, 0.25) is 5.79 Å². The highest BCUT2D eigenvalue weighted by atomic mass is 79.9. The zero-order valence-electron chi connectivity index (χ0n) is 10.4. The van der Waals surface area contributed by atoms with E-state index in [1.54, 1.807) is 4.90 Å². The monoisotopic (exact) mass is 339 g/mol. The van der Waals surface area contributed by atoms with Crippen LogP contribution in [0.15, 0.2) is 22.7 Å². The number of hydrogen-bond donors (Lipinski definition) is 0. The largest absolute Gasteiger partial charge is 0.416 e. The van der Waals surface area contributed by atoms with E-state index in [1.165, 1.54) is 20.3 Å². The molecule has 1 aromatic rings. The molecule has 106 valence electrons. The van der Waals surface area contributed by atoms with Gasteiger partial charge < -0.3 is 14.4 Å². The molecule has 1 aliphatic heterocycles. The van der Waals surface area contributed by atoms with Gasteiger partial charge in [0.05, 0.1) is 24.3 Å². The maximum Gasteiger partial charge on any atom is 0.416 e. The lowest BCUT2D eigenvalue weighted by Gasteiger charge is -2.49. The molecule has 1 aliphatic rings. The van der Waals surface area contributed by atoms with Crippen molar-refractivity contribution in [3.63, 3.8) is 0 Å². The molecule has 0 N–H and O–H groups in total. The third kappa shape index (κ3) is 2.73. The molecule has 1 heterocycles. The number of alkyl halides is 3. The van der Waals surface area contributed by atoms with Gasteiger partial charge in [-0.2, -0.15) is 13.2 Å². The van der Waals surface area contributed by atoms with E-state index in [0.29, 0.717) is 23.2 Å². The Kier molecular flexibility index (Phi) is 3.81. The van der Waals surface area contributed by atoms with E-state index in [-0.39, 0.29) is 0 Å². The van der Waals surface area contributed by atoms with Crippen molar-refractivity contribution in [2.24, 2.45) is 0 Å². The minimum atomic E-state index is -4.35. The molecule has 1 aromatic carbocycles. The molecule has 0 bridgehead atoms. The second-order valence-electron chi connectivity index (χ2n) is 4.34. The van der Waals surface area contributed by atoms with Gasteiger partial charge in [-0.05, 0) is 34.1 Å². The van der Waals surface area contributed by atoms with Crippen molar-refractivity contribution in [2.45, 2.75) is 12.0 Å². The van der Waals surface area contributed by atoms with Crippen LogP contribution in [0.3, 0.4) is 0 Å². The van der Waals surface area contributed by atoms with Crippen LogP contribution in [-0.4, -0.2) is 33.1 Å². The molecule has 0 radical (unpaired) electrons. The van der Waals surface area contributed by atoms with Crippen LogP contribution < -0.4 is 4.90 Å². The summed E-state index contributed by atoms with van der Waals surface area (Å²) in [5.41, 5.74) is -0.183. The molecule has 3 nitrogen and oxygen atoms in total. The predicted octanol–water partition coefficient (Wildman–Crippen LogP) is 3.28. The standard InChI is InChI=1S/C12H13BrF3NO2/c1-18-11(19-2)6-17(7-11)10-5-8(12(14,15)16)3-4-9(10)13/h3-5H,6-7H2,1-2H3. The second kappa shape index (κ2) is 4.96. The zero-order chi connectivity index (χ0) is 14.3. The number of halogens is 4. The summed E-state index contributed by atoms with van der Waals surface area (Å²) in [5.74, 6) is -0.728. The van der Waals surface area contributed by atoms with Crippen LogP contribution in [-0.2, 0) is 15.7 Å². The van der Waals surface area contributed by atoms with Gasteiger partial charge in [-0.25, -0.2) is 0 Å². The molecule has 7 heteroatoms. The van der Waals surface area contributed by atoms with Crippen LogP contribution in [0.4, 0.5) is 18.9 Å². The molecule has 0 unspecified atom stereocenters. The maximum absolute atomic E-state index is 12.7. The second-order valence-corrected chi connectivity index (χ2v) is 5.19. The van der Waals surface area contributed by atoms with Crippen LogP contribution in [0.2, 0.25) is 0 Å². The maximum atomic E-state index is 12.7. The van der Waals surface area contributed by atoms with Gasteiger partial charge in [-0.3, -0.25) is 0 Å². The van der Waals surface area contributed by atoms with Crippen molar-refractivity contribution < 1.29 is 22.6 Å². The Morgan fingerprint density at radius 1 is 1.21 bits per heavy atom. The zero-order valence-corrected chi connectivity index (χ0v) is 12.0. The lowest BCUT2D eigenvalue weighted by atomic mass is 10.0. The van der Waals surface area contributed by atoms with Crippen molar-refractivity contribution in [3.05, 3.63) is 28.2 Å². The van der Waals surface area contributed by atoms with Gasteiger partial charge in [0.25, 0.3) is 0 Å². The van der Waals surface area contributed by atoms with Gasteiger partial charge in [0, 0.05) is 18.7 Å². The lowest BCUT2D eigenvalue weighted by Crippen LogP contribution is -2.64. The number of methoxy groups -OCH3 is 2. The summed E-state index contributed by atoms with van der Waals surface area (Å²) < 4.78 is 49.1. The van der Waals surface area contributed by atoms with Crippen LogP contribution in [0.25, 0.3) is 0 Å². The smallest absolute Gasteiger partial charge is 0.360 e. The lowest BCUT2D eigenvalue weighted by molar-refractivity contribution is -0.219. The van der Waals surface area contributed by atoms with Crippen LogP contribution in [0.5, 0.6) is 0 Å². The summed E-state index contributed by atoms with van der Waals surface area (Å²) in [7, 11) is 3.03. The molecule has 2 rings (SSSR count). The Hall–Kier alpha value is -0.790. The predicted molar refractivity (Wildman–Crippen MR) is 68.1 cm³/mol. The van der Waals surface area contributed by atoms with Crippen LogP contribution in [0.1, 0.15) is 5.56 Å². The van der Waals surface area contributed by atoms with E-state index in [0.717, 1.165) is 12.1 Å². The molecule has 19 heavy (non-hydrogen) atoms. The first kappa shape index (κ1) is 14.6. The number of ether oxygens (including phenoxy) is 2. The number of nitrogens with zero attached hydrogens (tertiary/aromatic N) is 1. The molecule has 0 atom stereocenters. The SMILES string of the molecule is COC1(OC)CN(c2cc(C(F)(F)F)ccc2Br)C1. The first-order valence-corrected chi connectivity index (χ1v) is 6.32.